The van der Waals surface area contributed by atoms with Crippen LogP contribution in [0.3, 0.4) is 0 Å². The Labute approximate surface area is 157 Å². The van der Waals surface area contributed by atoms with Gasteiger partial charge in [-0.05, 0) is 49.8 Å². The summed E-state index contributed by atoms with van der Waals surface area (Å²) >= 11 is 0. The van der Waals surface area contributed by atoms with Crippen molar-refractivity contribution in [2.45, 2.75) is 64.0 Å². The van der Waals surface area contributed by atoms with Gasteiger partial charge in [-0.25, -0.2) is 0 Å². The fourth-order valence-corrected chi connectivity index (χ4v) is 3.87. The number of amides is 1. The number of carbonyl (C=O) groups is 1. The average Bonchev–Trinajstić information content (AvgIpc) is 2.72. The summed E-state index contributed by atoms with van der Waals surface area (Å²) in [6, 6.07) is 8.52. The largest absolute Gasteiger partial charge is 0.354 e. The summed E-state index contributed by atoms with van der Waals surface area (Å²) in [6.07, 6.45) is 9.92. The van der Waals surface area contributed by atoms with Crippen LogP contribution in [0.15, 0.2) is 29.3 Å². The third-order valence-corrected chi connectivity index (χ3v) is 5.47. The number of likely N-dealkylation sites (tertiary alicyclic amines) is 1. The van der Waals surface area contributed by atoms with Crippen LogP contribution in [0, 0.1) is 0 Å². The maximum Gasteiger partial charge on any atom is 0.253 e. The quantitative estimate of drug-likeness (QED) is 0.643. The van der Waals surface area contributed by atoms with E-state index < -0.39 is 0 Å². The smallest absolute Gasteiger partial charge is 0.253 e. The molecule has 142 valence electrons. The lowest BCUT2D eigenvalue weighted by Gasteiger charge is -2.26. The van der Waals surface area contributed by atoms with Crippen LogP contribution >= 0.6 is 0 Å². The monoisotopic (exact) mass is 356 g/mol. The van der Waals surface area contributed by atoms with Crippen molar-refractivity contribution < 1.29 is 4.79 Å². The summed E-state index contributed by atoms with van der Waals surface area (Å²) in [5.74, 6) is 1.03. The van der Waals surface area contributed by atoms with Crippen LogP contribution in [-0.2, 0) is 6.54 Å². The first kappa shape index (κ1) is 18.7. The summed E-state index contributed by atoms with van der Waals surface area (Å²) < 4.78 is 0. The molecule has 1 amide bonds. The normalized spacial score (nSPS) is 19.3. The predicted molar refractivity (Wildman–Crippen MR) is 106 cm³/mol. The zero-order valence-corrected chi connectivity index (χ0v) is 16.0. The molecule has 1 aliphatic heterocycles. The summed E-state index contributed by atoms with van der Waals surface area (Å²) in [5, 5.41) is 6.92. The van der Waals surface area contributed by atoms with Gasteiger partial charge in [0.15, 0.2) is 5.96 Å². The van der Waals surface area contributed by atoms with Crippen molar-refractivity contribution in [1.29, 1.82) is 0 Å². The Balaban J connectivity index is 1.49. The van der Waals surface area contributed by atoms with Crippen LogP contribution in [0.1, 0.15) is 67.3 Å². The second-order valence-corrected chi connectivity index (χ2v) is 7.45. The molecule has 1 aromatic rings. The van der Waals surface area contributed by atoms with Crippen LogP contribution in [-0.4, -0.2) is 42.9 Å². The lowest BCUT2D eigenvalue weighted by Crippen LogP contribution is -2.43. The first-order chi connectivity index (χ1) is 12.8. The highest BCUT2D eigenvalue weighted by Gasteiger charge is 2.18. The Morgan fingerprint density at radius 2 is 1.69 bits per heavy atom. The van der Waals surface area contributed by atoms with Crippen molar-refractivity contribution >= 4 is 11.9 Å². The van der Waals surface area contributed by atoms with E-state index in [1.54, 1.807) is 0 Å². The molecule has 0 aromatic heterocycles. The minimum Gasteiger partial charge on any atom is -0.354 e. The van der Waals surface area contributed by atoms with Crippen LogP contribution in [0.5, 0.6) is 0 Å². The second kappa shape index (κ2) is 9.60. The van der Waals surface area contributed by atoms with Gasteiger partial charge in [-0.1, -0.05) is 31.4 Å². The average molecular weight is 357 g/mol. The van der Waals surface area contributed by atoms with Crippen LogP contribution in [0.4, 0.5) is 0 Å². The van der Waals surface area contributed by atoms with Crippen molar-refractivity contribution in [2.24, 2.45) is 4.99 Å². The van der Waals surface area contributed by atoms with E-state index in [4.69, 9.17) is 0 Å². The topological polar surface area (TPSA) is 56.7 Å². The summed E-state index contributed by atoms with van der Waals surface area (Å²) in [7, 11) is 1.82. The van der Waals surface area contributed by atoms with Crippen molar-refractivity contribution in [3.8, 4) is 0 Å². The highest BCUT2D eigenvalue weighted by molar-refractivity contribution is 5.94. The molecule has 2 aliphatic rings. The Hall–Kier alpha value is -2.04. The van der Waals surface area contributed by atoms with Gasteiger partial charge in [0.25, 0.3) is 5.91 Å². The molecular formula is C21H32N4O. The van der Waals surface area contributed by atoms with E-state index in [1.165, 1.54) is 38.5 Å². The molecule has 5 heteroatoms. The van der Waals surface area contributed by atoms with Crippen molar-refractivity contribution in [3.05, 3.63) is 35.4 Å². The molecule has 0 spiro atoms. The fourth-order valence-electron chi connectivity index (χ4n) is 3.87. The molecule has 1 heterocycles. The van der Waals surface area contributed by atoms with Crippen LogP contribution in [0.25, 0.3) is 0 Å². The molecular weight excluding hydrogens is 324 g/mol. The minimum absolute atomic E-state index is 0.166. The SMILES string of the molecule is CN=C(NCc1ccc(C(=O)N2CCCCC2)cc1)NC1CCCCC1. The minimum atomic E-state index is 0.166. The van der Waals surface area contributed by atoms with Gasteiger partial charge in [0.1, 0.15) is 0 Å². The number of hydrogen-bond acceptors (Lipinski definition) is 2. The van der Waals surface area contributed by atoms with Crippen molar-refractivity contribution in [2.75, 3.05) is 20.1 Å². The number of nitrogens with one attached hydrogen (secondary N) is 2. The van der Waals surface area contributed by atoms with Crippen molar-refractivity contribution in [1.82, 2.24) is 15.5 Å². The zero-order valence-electron chi connectivity index (χ0n) is 16.0. The number of guanidine groups is 1. The Morgan fingerprint density at radius 3 is 2.35 bits per heavy atom. The molecule has 3 rings (SSSR count). The molecule has 2 fully saturated rings. The van der Waals surface area contributed by atoms with Gasteiger partial charge in [-0.15, -0.1) is 0 Å². The van der Waals surface area contributed by atoms with Gasteiger partial charge < -0.3 is 15.5 Å². The van der Waals surface area contributed by atoms with E-state index in [1.807, 2.05) is 36.2 Å². The van der Waals surface area contributed by atoms with Gasteiger partial charge in [0.05, 0.1) is 0 Å². The highest BCUT2D eigenvalue weighted by atomic mass is 16.2. The molecule has 5 nitrogen and oxygen atoms in total. The Morgan fingerprint density at radius 1 is 1.04 bits per heavy atom. The lowest BCUT2D eigenvalue weighted by molar-refractivity contribution is 0.0724. The van der Waals surface area contributed by atoms with Gasteiger partial charge in [-0.3, -0.25) is 9.79 Å². The Bertz CT molecular complexity index is 599. The first-order valence-electron chi connectivity index (χ1n) is 10.1. The molecule has 0 bridgehead atoms. The second-order valence-electron chi connectivity index (χ2n) is 7.45. The Kier molecular flexibility index (Phi) is 6.92. The molecule has 1 saturated heterocycles. The molecule has 2 N–H and O–H groups in total. The first-order valence-corrected chi connectivity index (χ1v) is 10.1. The molecule has 1 saturated carbocycles. The number of aliphatic imine (C=N–C) groups is 1. The molecule has 1 aliphatic carbocycles. The summed E-state index contributed by atoms with van der Waals surface area (Å²) in [6.45, 7) is 2.50. The number of nitrogens with zero attached hydrogens (tertiary/aromatic N) is 2. The number of hydrogen-bond donors (Lipinski definition) is 2. The number of piperidine rings is 1. The molecule has 0 unspecified atom stereocenters. The predicted octanol–water partition coefficient (Wildman–Crippen LogP) is 3.31. The van der Waals surface area contributed by atoms with Crippen molar-refractivity contribution in [3.63, 3.8) is 0 Å². The third-order valence-electron chi connectivity index (χ3n) is 5.47. The van der Waals surface area contributed by atoms with Crippen LogP contribution < -0.4 is 10.6 Å². The number of benzene rings is 1. The third kappa shape index (κ3) is 5.23. The standard InChI is InChI=1S/C21H32N4O/c1-22-21(24-19-8-4-2-5-9-19)23-16-17-10-12-18(13-11-17)20(26)25-14-6-3-7-15-25/h10-13,19H,2-9,14-16H2,1H3,(H2,22,23,24). The maximum atomic E-state index is 12.5. The summed E-state index contributed by atoms with van der Waals surface area (Å²) in [5.41, 5.74) is 1.95. The van der Waals surface area contributed by atoms with Gasteiger partial charge >= 0.3 is 0 Å². The molecule has 26 heavy (non-hydrogen) atoms. The molecule has 0 atom stereocenters. The number of rotatable bonds is 4. The van der Waals surface area contributed by atoms with E-state index >= 15 is 0 Å². The van der Waals surface area contributed by atoms with E-state index in [-0.39, 0.29) is 5.91 Å². The number of carbonyl (C=O) groups excluding carboxylic acids is 1. The fraction of sp³-hybridized carbons (Fsp3) is 0.619. The van der Waals surface area contributed by atoms with E-state index in [9.17, 15) is 4.79 Å². The van der Waals surface area contributed by atoms with E-state index in [2.05, 4.69) is 15.6 Å². The summed E-state index contributed by atoms with van der Waals surface area (Å²) in [4.78, 5) is 18.8. The van der Waals surface area contributed by atoms with E-state index in [0.29, 0.717) is 12.6 Å². The maximum absolute atomic E-state index is 12.5. The van der Waals surface area contributed by atoms with Crippen LogP contribution in [0.2, 0.25) is 0 Å². The zero-order chi connectivity index (χ0) is 18.2. The van der Waals surface area contributed by atoms with E-state index in [0.717, 1.165) is 43.0 Å². The van der Waals surface area contributed by atoms with Gasteiger partial charge in [0.2, 0.25) is 0 Å². The van der Waals surface area contributed by atoms with Gasteiger partial charge in [0, 0.05) is 38.3 Å². The lowest BCUT2D eigenvalue weighted by atomic mass is 9.96. The molecule has 0 radical (unpaired) electrons. The van der Waals surface area contributed by atoms with Gasteiger partial charge in [-0.2, -0.15) is 0 Å². The highest BCUT2D eigenvalue weighted by Crippen LogP contribution is 2.17. The molecule has 1 aromatic carbocycles.